The first-order valence-electron chi connectivity index (χ1n) is 4.19. The summed E-state index contributed by atoms with van der Waals surface area (Å²) < 4.78 is 18.0. The first-order valence-corrected chi connectivity index (χ1v) is 5.07. The maximum Gasteiger partial charge on any atom is 0.222 e. The summed E-state index contributed by atoms with van der Waals surface area (Å²) in [7, 11) is 1.40. The highest BCUT2D eigenvalue weighted by Gasteiger charge is 2.08. The van der Waals surface area contributed by atoms with Crippen LogP contribution in [-0.2, 0) is 0 Å². The lowest BCUT2D eigenvalue weighted by Gasteiger charge is -2.02. The number of aromatic hydroxyl groups is 1. The summed E-state index contributed by atoms with van der Waals surface area (Å²) in [6.07, 6.45) is 0. The van der Waals surface area contributed by atoms with Crippen LogP contribution in [0.2, 0.25) is 0 Å². The molecule has 0 spiro atoms. The van der Waals surface area contributed by atoms with E-state index in [1.54, 1.807) is 12.1 Å². The fourth-order valence-corrected chi connectivity index (χ4v) is 1.87. The lowest BCUT2D eigenvalue weighted by atomic mass is 10.2. The van der Waals surface area contributed by atoms with Crippen molar-refractivity contribution in [1.29, 1.82) is 0 Å². The monoisotopic (exact) mass is 225 g/mol. The number of hydrogen-bond donors (Lipinski definition) is 1. The number of benzene rings is 1. The van der Waals surface area contributed by atoms with E-state index in [-0.39, 0.29) is 11.6 Å². The highest BCUT2D eigenvalue weighted by molar-refractivity contribution is 7.13. The lowest BCUT2D eigenvalue weighted by Crippen LogP contribution is -1.88. The van der Waals surface area contributed by atoms with Crippen molar-refractivity contribution in [2.45, 2.75) is 0 Å². The zero-order valence-electron chi connectivity index (χ0n) is 7.90. The molecule has 0 unspecified atom stereocenters. The lowest BCUT2D eigenvalue weighted by molar-refractivity contribution is 0.387. The summed E-state index contributed by atoms with van der Waals surface area (Å²) in [4.78, 5) is 3.88. The standard InChI is InChI=1S/C10H8FNO2S/c1-14-8-4-6(2-3-7(8)11)10-12-9(13)5-15-10/h2-5,13H,1H3. The molecular formula is C10H8FNO2S. The molecule has 0 amide bonds. The van der Waals surface area contributed by atoms with E-state index in [4.69, 9.17) is 9.84 Å². The van der Waals surface area contributed by atoms with Crippen LogP contribution < -0.4 is 4.74 Å². The SMILES string of the molecule is COc1cc(-c2nc(O)cs2)ccc1F. The van der Waals surface area contributed by atoms with Gasteiger partial charge in [-0.3, -0.25) is 0 Å². The Balaban J connectivity index is 2.45. The number of hydrogen-bond acceptors (Lipinski definition) is 4. The summed E-state index contributed by atoms with van der Waals surface area (Å²) in [5.74, 6) is -0.275. The van der Waals surface area contributed by atoms with Crippen LogP contribution in [0.15, 0.2) is 23.6 Å². The minimum atomic E-state index is -0.415. The third-order valence-electron chi connectivity index (χ3n) is 1.89. The largest absolute Gasteiger partial charge is 0.494 e. The van der Waals surface area contributed by atoms with Gasteiger partial charge in [0.2, 0.25) is 5.88 Å². The Labute approximate surface area is 89.8 Å². The highest BCUT2D eigenvalue weighted by atomic mass is 32.1. The molecule has 1 aromatic carbocycles. The maximum absolute atomic E-state index is 13.1. The molecule has 1 aromatic heterocycles. The van der Waals surface area contributed by atoms with Crippen molar-refractivity contribution in [3.63, 3.8) is 0 Å². The molecule has 0 aliphatic heterocycles. The van der Waals surface area contributed by atoms with Crippen LogP contribution in [0, 0.1) is 5.82 Å². The summed E-state index contributed by atoms with van der Waals surface area (Å²) in [5.41, 5.74) is 0.721. The van der Waals surface area contributed by atoms with Crippen LogP contribution in [0.5, 0.6) is 11.6 Å². The number of nitrogens with zero attached hydrogens (tertiary/aromatic N) is 1. The predicted molar refractivity (Wildman–Crippen MR) is 55.7 cm³/mol. The molecule has 1 heterocycles. The van der Waals surface area contributed by atoms with Crippen molar-refractivity contribution in [1.82, 2.24) is 4.98 Å². The third-order valence-corrected chi connectivity index (χ3v) is 2.77. The average molecular weight is 225 g/mol. The van der Waals surface area contributed by atoms with Crippen molar-refractivity contribution in [2.75, 3.05) is 7.11 Å². The van der Waals surface area contributed by atoms with Gasteiger partial charge in [0, 0.05) is 5.56 Å². The van der Waals surface area contributed by atoms with E-state index in [0.717, 1.165) is 5.56 Å². The Morgan fingerprint density at radius 2 is 2.27 bits per heavy atom. The van der Waals surface area contributed by atoms with E-state index >= 15 is 0 Å². The first kappa shape index (κ1) is 9.92. The Hall–Kier alpha value is -1.62. The fraction of sp³-hybridized carbons (Fsp3) is 0.100. The average Bonchev–Trinajstić information content (AvgIpc) is 2.66. The Kier molecular flexibility index (Phi) is 2.55. The van der Waals surface area contributed by atoms with Gasteiger partial charge in [-0.1, -0.05) is 0 Å². The van der Waals surface area contributed by atoms with E-state index < -0.39 is 5.82 Å². The molecule has 0 aliphatic rings. The van der Waals surface area contributed by atoms with E-state index in [1.165, 1.54) is 29.9 Å². The molecule has 0 radical (unpaired) electrons. The number of rotatable bonds is 2. The van der Waals surface area contributed by atoms with Crippen LogP contribution in [-0.4, -0.2) is 17.2 Å². The smallest absolute Gasteiger partial charge is 0.222 e. The molecule has 0 aliphatic carbocycles. The predicted octanol–water partition coefficient (Wildman–Crippen LogP) is 2.66. The molecule has 0 saturated carbocycles. The number of methoxy groups -OCH3 is 1. The van der Waals surface area contributed by atoms with Crippen molar-refractivity contribution < 1.29 is 14.2 Å². The molecule has 15 heavy (non-hydrogen) atoms. The molecule has 2 rings (SSSR count). The van der Waals surface area contributed by atoms with E-state index in [0.29, 0.717) is 5.01 Å². The summed E-state index contributed by atoms with van der Waals surface area (Å²) in [6, 6.07) is 4.45. The maximum atomic E-state index is 13.1. The molecule has 5 heteroatoms. The quantitative estimate of drug-likeness (QED) is 0.854. The Morgan fingerprint density at radius 3 is 2.87 bits per heavy atom. The number of thiazole rings is 1. The molecule has 0 saturated heterocycles. The van der Waals surface area contributed by atoms with E-state index in [9.17, 15) is 4.39 Å². The van der Waals surface area contributed by atoms with Gasteiger partial charge in [0.05, 0.1) is 12.5 Å². The second kappa shape index (κ2) is 3.86. The molecule has 3 nitrogen and oxygen atoms in total. The first-order chi connectivity index (χ1) is 7.20. The van der Waals surface area contributed by atoms with Crippen LogP contribution in [0.4, 0.5) is 4.39 Å². The second-order valence-electron chi connectivity index (χ2n) is 2.86. The minimum absolute atomic E-state index is 0.0294. The van der Waals surface area contributed by atoms with Crippen LogP contribution in [0.1, 0.15) is 0 Å². The van der Waals surface area contributed by atoms with Gasteiger partial charge in [-0.15, -0.1) is 11.3 Å². The van der Waals surface area contributed by atoms with Gasteiger partial charge in [0.15, 0.2) is 11.6 Å². The molecule has 0 fully saturated rings. The van der Waals surface area contributed by atoms with E-state index in [2.05, 4.69) is 4.98 Å². The van der Waals surface area contributed by atoms with Gasteiger partial charge in [0.25, 0.3) is 0 Å². The molecule has 0 bridgehead atoms. The fourth-order valence-electron chi connectivity index (χ4n) is 1.19. The second-order valence-corrected chi connectivity index (χ2v) is 3.72. The van der Waals surface area contributed by atoms with Crippen molar-refractivity contribution in [3.8, 4) is 22.2 Å². The zero-order chi connectivity index (χ0) is 10.8. The third kappa shape index (κ3) is 1.92. The highest BCUT2D eigenvalue weighted by Crippen LogP contribution is 2.30. The summed E-state index contributed by atoms with van der Waals surface area (Å²) in [5, 5.41) is 11.2. The van der Waals surface area contributed by atoms with Gasteiger partial charge >= 0.3 is 0 Å². The molecule has 78 valence electrons. The normalized spacial score (nSPS) is 10.3. The van der Waals surface area contributed by atoms with Crippen LogP contribution in [0.25, 0.3) is 10.6 Å². The molecule has 1 N–H and O–H groups in total. The van der Waals surface area contributed by atoms with Gasteiger partial charge in [-0.25, -0.2) is 9.37 Å². The van der Waals surface area contributed by atoms with Gasteiger partial charge in [-0.05, 0) is 18.2 Å². The Bertz CT molecular complexity index is 484. The van der Waals surface area contributed by atoms with Crippen LogP contribution >= 0.6 is 11.3 Å². The van der Waals surface area contributed by atoms with E-state index in [1.807, 2.05) is 0 Å². The Morgan fingerprint density at radius 1 is 1.47 bits per heavy atom. The number of halogens is 1. The minimum Gasteiger partial charge on any atom is -0.494 e. The summed E-state index contributed by atoms with van der Waals surface area (Å²) in [6.45, 7) is 0. The van der Waals surface area contributed by atoms with Crippen LogP contribution in [0.3, 0.4) is 0 Å². The molecular weight excluding hydrogens is 217 g/mol. The number of aromatic nitrogens is 1. The topological polar surface area (TPSA) is 42.4 Å². The molecule has 2 aromatic rings. The molecule has 0 atom stereocenters. The zero-order valence-corrected chi connectivity index (χ0v) is 8.71. The summed E-state index contributed by atoms with van der Waals surface area (Å²) >= 11 is 1.29. The number of ether oxygens (including phenoxy) is 1. The van der Waals surface area contributed by atoms with Gasteiger partial charge < -0.3 is 9.84 Å². The van der Waals surface area contributed by atoms with Gasteiger partial charge in [-0.2, -0.15) is 0 Å². The van der Waals surface area contributed by atoms with Crippen molar-refractivity contribution in [3.05, 3.63) is 29.4 Å². The van der Waals surface area contributed by atoms with Crippen molar-refractivity contribution >= 4 is 11.3 Å². The van der Waals surface area contributed by atoms with Crippen molar-refractivity contribution in [2.24, 2.45) is 0 Å². The van der Waals surface area contributed by atoms with Gasteiger partial charge in [0.1, 0.15) is 5.01 Å².